The lowest BCUT2D eigenvalue weighted by molar-refractivity contribution is -0.0498. The van der Waals surface area contributed by atoms with Gasteiger partial charge in [-0.05, 0) is 41.7 Å². The van der Waals surface area contributed by atoms with E-state index in [0.29, 0.717) is 19.7 Å². The predicted octanol–water partition coefficient (Wildman–Crippen LogP) is 4.19. The molecule has 2 aromatic rings. The zero-order valence-corrected chi connectivity index (χ0v) is 18.6. The molecular weight excluding hydrogens is 416 g/mol. The smallest absolute Gasteiger partial charge is 0.387 e. The van der Waals surface area contributed by atoms with E-state index >= 15 is 0 Å². The summed E-state index contributed by atoms with van der Waals surface area (Å²) in [6.45, 7) is 0.525. The summed E-state index contributed by atoms with van der Waals surface area (Å²) >= 11 is 0. The molecular formula is C24H31F2N3O3. The van der Waals surface area contributed by atoms with Gasteiger partial charge in [0.25, 0.3) is 0 Å². The molecule has 32 heavy (non-hydrogen) atoms. The molecule has 8 heteroatoms. The molecule has 1 heterocycles. The zero-order chi connectivity index (χ0) is 22.8. The summed E-state index contributed by atoms with van der Waals surface area (Å²) in [5.74, 6) is 0.886. The van der Waals surface area contributed by atoms with Crippen LogP contribution in [0.3, 0.4) is 0 Å². The minimum atomic E-state index is -2.82. The Hall–Kier alpha value is -2.71. The van der Waals surface area contributed by atoms with Crippen molar-refractivity contribution in [2.24, 2.45) is 4.99 Å². The highest BCUT2D eigenvalue weighted by Gasteiger charge is 2.14. The van der Waals surface area contributed by atoms with Gasteiger partial charge in [0, 0.05) is 40.4 Å². The minimum absolute atomic E-state index is 0.148. The molecule has 0 amide bonds. The molecule has 0 saturated carbocycles. The lowest BCUT2D eigenvalue weighted by Gasteiger charge is -2.23. The van der Waals surface area contributed by atoms with Crippen LogP contribution in [-0.2, 0) is 29.2 Å². The Labute approximate surface area is 188 Å². The van der Waals surface area contributed by atoms with Crippen LogP contribution in [0.1, 0.15) is 29.5 Å². The molecule has 0 unspecified atom stereocenters. The van der Waals surface area contributed by atoms with Gasteiger partial charge in [0.15, 0.2) is 5.96 Å². The summed E-state index contributed by atoms with van der Waals surface area (Å²) in [6.07, 6.45) is 2.17. The maximum Gasteiger partial charge on any atom is 0.387 e. The van der Waals surface area contributed by atoms with Crippen molar-refractivity contribution in [2.45, 2.75) is 45.3 Å². The van der Waals surface area contributed by atoms with Crippen molar-refractivity contribution in [1.29, 1.82) is 0 Å². The Morgan fingerprint density at radius 1 is 1.12 bits per heavy atom. The Balaban J connectivity index is 1.48. The number of benzene rings is 2. The van der Waals surface area contributed by atoms with E-state index in [1.54, 1.807) is 31.3 Å². The van der Waals surface area contributed by atoms with Crippen molar-refractivity contribution in [3.05, 3.63) is 65.2 Å². The molecule has 174 valence electrons. The molecule has 0 radical (unpaired) electrons. The third-order valence-corrected chi connectivity index (χ3v) is 5.24. The normalized spacial score (nSPS) is 15.1. The SMILES string of the molecule is CN=C(NCc1cccc(COC2CCOCC2)c1)N(C)Cc1ccc(OC(F)F)cc1. The molecule has 0 spiro atoms. The van der Waals surface area contributed by atoms with Gasteiger partial charge >= 0.3 is 6.61 Å². The second-order valence-corrected chi connectivity index (χ2v) is 7.72. The Morgan fingerprint density at radius 2 is 1.84 bits per heavy atom. The minimum Gasteiger partial charge on any atom is -0.435 e. The second kappa shape index (κ2) is 12.4. The first-order chi connectivity index (χ1) is 15.5. The van der Waals surface area contributed by atoms with E-state index in [4.69, 9.17) is 9.47 Å². The van der Waals surface area contributed by atoms with E-state index in [1.165, 1.54) is 0 Å². The highest BCUT2D eigenvalue weighted by atomic mass is 19.3. The summed E-state index contributed by atoms with van der Waals surface area (Å²) in [6, 6.07) is 14.9. The number of hydrogen-bond donors (Lipinski definition) is 1. The monoisotopic (exact) mass is 447 g/mol. The fraction of sp³-hybridized carbons (Fsp3) is 0.458. The molecule has 1 N–H and O–H groups in total. The molecule has 1 aliphatic rings. The third kappa shape index (κ3) is 7.76. The Bertz CT molecular complexity index is 856. The van der Waals surface area contributed by atoms with E-state index in [-0.39, 0.29) is 11.9 Å². The number of rotatable bonds is 9. The zero-order valence-electron chi connectivity index (χ0n) is 18.6. The second-order valence-electron chi connectivity index (χ2n) is 7.72. The maximum atomic E-state index is 12.3. The van der Waals surface area contributed by atoms with Gasteiger partial charge in [-0.2, -0.15) is 8.78 Å². The van der Waals surface area contributed by atoms with Crippen LogP contribution in [0.4, 0.5) is 8.78 Å². The Kier molecular flexibility index (Phi) is 9.25. The van der Waals surface area contributed by atoms with Crippen molar-refractivity contribution in [1.82, 2.24) is 10.2 Å². The summed E-state index contributed by atoms with van der Waals surface area (Å²) in [5.41, 5.74) is 3.25. The van der Waals surface area contributed by atoms with Gasteiger partial charge in [0.05, 0.1) is 12.7 Å². The molecule has 0 aliphatic carbocycles. The molecule has 1 fully saturated rings. The van der Waals surface area contributed by atoms with Crippen molar-refractivity contribution in [3.8, 4) is 5.75 Å². The summed E-state index contributed by atoms with van der Waals surface area (Å²) in [7, 11) is 3.66. The fourth-order valence-corrected chi connectivity index (χ4v) is 3.58. The lowest BCUT2D eigenvalue weighted by Crippen LogP contribution is -2.38. The highest BCUT2D eigenvalue weighted by Crippen LogP contribution is 2.16. The summed E-state index contributed by atoms with van der Waals surface area (Å²) in [4.78, 5) is 6.32. The van der Waals surface area contributed by atoms with Crippen LogP contribution in [0.5, 0.6) is 5.75 Å². The van der Waals surface area contributed by atoms with Crippen LogP contribution in [0.15, 0.2) is 53.5 Å². The topological polar surface area (TPSA) is 55.3 Å². The third-order valence-electron chi connectivity index (χ3n) is 5.24. The standard InChI is InChI=1S/C24H31F2N3O3/c1-27-24(29(2)16-18-6-8-22(9-7-18)32-23(25)26)28-15-19-4-3-5-20(14-19)17-31-21-10-12-30-13-11-21/h3-9,14,21,23H,10-13,15-17H2,1-2H3,(H,27,28). The maximum absolute atomic E-state index is 12.3. The number of aliphatic imine (C=N–C) groups is 1. The van der Waals surface area contributed by atoms with Gasteiger partial charge in [-0.25, -0.2) is 0 Å². The van der Waals surface area contributed by atoms with Crippen molar-refractivity contribution >= 4 is 5.96 Å². The molecule has 2 aromatic carbocycles. The fourth-order valence-electron chi connectivity index (χ4n) is 3.58. The average Bonchev–Trinajstić information content (AvgIpc) is 2.80. The van der Waals surface area contributed by atoms with E-state index in [0.717, 1.165) is 48.7 Å². The first-order valence-corrected chi connectivity index (χ1v) is 10.8. The van der Waals surface area contributed by atoms with Crippen molar-refractivity contribution in [3.63, 3.8) is 0 Å². The van der Waals surface area contributed by atoms with Gasteiger partial charge in [0.1, 0.15) is 5.75 Å². The lowest BCUT2D eigenvalue weighted by atomic mass is 10.1. The van der Waals surface area contributed by atoms with Crippen molar-refractivity contribution < 1.29 is 23.0 Å². The van der Waals surface area contributed by atoms with Crippen LogP contribution in [0.25, 0.3) is 0 Å². The number of hydrogen-bond acceptors (Lipinski definition) is 4. The molecule has 0 aromatic heterocycles. The molecule has 0 atom stereocenters. The van der Waals surface area contributed by atoms with E-state index < -0.39 is 6.61 Å². The predicted molar refractivity (Wildman–Crippen MR) is 120 cm³/mol. The summed E-state index contributed by atoms with van der Waals surface area (Å²) < 4.78 is 40.4. The molecule has 1 saturated heterocycles. The van der Waals surface area contributed by atoms with Gasteiger partial charge in [-0.1, -0.05) is 36.4 Å². The molecule has 6 nitrogen and oxygen atoms in total. The van der Waals surface area contributed by atoms with Crippen LogP contribution in [-0.4, -0.2) is 50.9 Å². The number of nitrogens with zero attached hydrogens (tertiary/aromatic N) is 2. The Morgan fingerprint density at radius 3 is 2.53 bits per heavy atom. The number of alkyl halides is 2. The summed E-state index contributed by atoms with van der Waals surface area (Å²) in [5, 5.41) is 3.37. The number of nitrogens with one attached hydrogen (secondary N) is 1. The first-order valence-electron chi connectivity index (χ1n) is 10.8. The van der Waals surface area contributed by atoms with Crippen LogP contribution < -0.4 is 10.1 Å². The van der Waals surface area contributed by atoms with Crippen LogP contribution in [0.2, 0.25) is 0 Å². The van der Waals surface area contributed by atoms with E-state index in [1.807, 2.05) is 18.0 Å². The van der Waals surface area contributed by atoms with Crippen molar-refractivity contribution in [2.75, 3.05) is 27.3 Å². The molecule has 1 aliphatic heterocycles. The highest BCUT2D eigenvalue weighted by molar-refractivity contribution is 5.79. The largest absolute Gasteiger partial charge is 0.435 e. The number of halogens is 2. The first kappa shape index (κ1) is 23.9. The van der Waals surface area contributed by atoms with Gasteiger partial charge in [-0.3, -0.25) is 4.99 Å². The van der Waals surface area contributed by atoms with Crippen LogP contribution in [0, 0.1) is 0 Å². The van der Waals surface area contributed by atoms with E-state index in [9.17, 15) is 8.78 Å². The van der Waals surface area contributed by atoms with Gasteiger partial charge < -0.3 is 24.4 Å². The van der Waals surface area contributed by atoms with Crippen LogP contribution >= 0.6 is 0 Å². The van der Waals surface area contributed by atoms with E-state index in [2.05, 4.69) is 33.2 Å². The number of ether oxygens (including phenoxy) is 3. The van der Waals surface area contributed by atoms with Gasteiger partial charge in [0.2, 0.25) is 0 Å². The molecule has 3 rings (SSSR count). The molecule has 0 bridgehead atoms. The van der Waals surface area contributed by atoms with Gasteiger partial charge in [-0.15, -0.1) is 0 Å². The average molecular weight is 448 g/mol. The number of guanidine groups is 1. The quantitative estimate of drug-likeness (QED) is 0.462.